The predicted molar refractivity (Wildman–Crippen MR) is 63.3 cm³/mol. The molecule has 0 radical (unpaired) electrons. The highest BCUT2D eigenvalue weighted by Crippen LogP contribution is 2.37. The van der Waals surface area contributed by atoms with Gasteiger partial charge in [0.15, 0.2) is 5.82 Å². The quantitative estimate of drug-likeness (QED) is 0.777. The Bertz CT molecular complexity index is 457. The molecule has 0 aliphatic carbocycles. The van der Waals surface area contributed by atoms with Gasteiger partial charge in [-0.25, -0.2) is 4.68 Å². The molecule has 2 aromatic rings. The van der Waals surface area contributed by atoms with E-state index in [9.17, 15) is 0 Å². The van der Waals surface area contributed by atoms with Gasteiger partial charge in [0.05, 0.1) is 8.66 Å². The molecule has 0 aromatic carbocycles. The number of thiophene rings is 1. The number of hydrogen-bond donors (Lipinski definition) is 2. The largest absolute Gasteiger partial charge is 0.366 e. The van der Waals surface area contributed by atoms with Gasteiger partial charge < -0.3 is 11.6 Å². The Labute approximate surface area is 100 Å². The zero-order valence-corrected chi connectivity index (χ0v) is 10.7. The molecule has 0 bridgehead atoms. The Morgan fingerprint density at radius 1 is 1.36 bits per heavy atom. The Kier molecular flexibility index (Phi) is 2.50. The molecule has 0 saturated heterocycles. The van der Waals surface area contributed by atoms with Crippen LogP contribution < -0.4 is 11.6 Å². The van der Waals surface area contributed by atoms with E-state index in [0.717, 1.165) is 13.1 Å². The van der Waals surface area contributed by atoms with E-state index >= 15 is 0 Å². The number of aromatic nitrogens is 3. The van der Waals surface area contributed by atoms with E-state index in [-0.39, 0.29) is 5.95 Å². The third-order valence-corrected chi connectivity index (χ3v) is 4.84. The molecule has 0 saturated carbocycles. The Morgan fingerprint density at radius 2 is 2.07 bits per heavy atom. The fourth-order valence-electron chi connectivity index (χ4n) is 0.928. The van der Waals surface area contributed by atoms with Gasteiger partial charge in [-0.15, -0.1) is 21.5 Å². The molecule has 0 fully saturated rings. The maximum absolute atomic E-state index is 5.64. The summed E-state index contributed by atoms with van der Waals surface area (Å²) < 4.78 is 3.19. The summed E-state index contributed by atoms with van der Waals surface area (Å²) in [5.41, 5.74) is 5.47. The first-order chi connectivity index (χ1) is 6.59. The van der Waals surface area contributed by atoms with Crippen LogP contribution in [-0.4, -0.2) is 14.9 Å². The summed E-state index contributed by atoms with van der Waals surface area (Å²) in [6.07, 6.45) is 0. The Hall–Kier alpha value is -0.600. The summed E-state index contributed by atoms with van der Waals surface area (Å²) in [6.45, 7) is 0. The fourth-order valence-corrected chi connectivity index (χ4v) is 2.95. The lowest BCUT2D eigenvalue weighted by atomic mass is 10.4. The summed E-state index contributed by atoms with van der Waals surface area (Å²) in [4.78, 5) is 0.899. The average molecular weight is 339 g/mol. The number of hydrogen-bond acceptors (Lipinski definition) is 5. The zero-order valence-electron chi connectivity index (χ0n) is 6.74. The van der Waals surface area contributed by atoms with Gasteiger partial charge in [-0.05, 0) is 37.9 Å². The van der Waals surface area contributed by atoms with Gasteiger partial charge in [-0.1, -0.05) is 0 Å². The van der Waals surface area contributed by atoms with Crippen LogP contribution in [0.25, 0.3) is 10.7 Å². The summed E-state index contributed by atoms with van der Waals surface area (Å²) in [6, 6.07) is 1.90. The minimum Gasteiger partial charge on any atom is -0.366 e. The minimum atomic E-state index is 0.195. The average Bonchev–Trinajstić information content (AvgIpc) is 2.61. The molecule has 0 amide bonds. The van der Waals surface area contributed by atoms with Crippen molar-refractivity contribution in [2.45, 2.75) is 0 Å². The van der Waals surface area contributed by atoms with E-state index < -0.39 is 0 Å². The lowest BCUT2D eigenvalue weighted by Crippen LogP contribution is -2.12. The van der Waals surface area contributed by atoms with Crippen LogP contribution in [0, 0.1) is 0 Å². The first-order valence-corrected chi connectivity index (χ1v) is 5.91. The van der Waals surface area contributed by atoms with E-state index in [1.807, 2.05) is 6.07 Å². The van der Waals surface area contributed by atoms with Gasteiger partial charge >= 0.3 is 0 Å². The second kappa shape index (κ2) is 3.52. The molecule has 2 aromatic heterocycles. The second-order valence-corrected chi connectivity index (χ2v) is 5.71. The van der Waals surface area contributed by atoms with Crippen LogP contribution in [0.4, 0.5) is 5.95 Å². The SMILES string of the molecule is Nc1nnc(-c2cc(Br)c(Br)s2)n1N. The van der Waals surface area contributed by atoms with Crippen molar-refractivity contribution >= 4 is 49.1 Å². The van der Waals surface area contributed by atoms with Crippen molar-refractivity contribution in [3.8, 4) is 10.7 Å². The number of halogens is 2. The normalized spacial score (nSPS) is 10.7. The zero-order chi connectivity index (χ0) is 10.3. The van der Waals surface area contributed by atoms with Crippen molar-refractivity contribution in [1.82, 2.24) is 14.9 Å². The number of nitrogens with zero attached hydrogens (tertiary/aromatic N) is 3. The third kappa shape index (κ3) is 1.53. The molecule has 2 rings (SSSR count). The number of nitrogen functional groups attached to an aromatic ring is 2. The maximum atomic E-state index is 5.64. The highest BCUT2D eigenvalue weighted by atomic mass is 79.9. The highest BCUT2D eigenvalue weighted by molar-refractivity contribution is 9.13. The molecule has 8 heteroatoms. The van der Waals surface area contributed by atoms with E-state index in [1.54, 1.807) is 0 Å². The van der Waals surface area contributed by atoms with Gasteiger partial charge in [0.1, 0.15) is 0 Å². The van der Waals surface area contributed by atoms with Gasteiger partial charge in [0.25, 0.3) is 0 Å². The standard InChI is InChI=1S/C6H5Br2N5S/c7-2-1-3(14-4(2)8)5-11-12-6(9)13(5)10/h1H,10H2,(H2,9,12). The second-order valence-electron chi connectivity index (χ2n) is 2.48. The summed E-state index contributed by atoms with van der Waals surface area (Å²) in [7, 11) is 0. The van der Waals surface area contributed by atoms with E-state index in [1.165, 1.54) is 16.0 Å². The topological polar surface area (TPSA) is 82.8 Å². The van der Waals surface area contributed by atoms with Crippen LogP contribution in [-0.2, 0) is 0 Å². The van der Waals surface area contributed by atoms with Crippen molar-refractivity contribution in [3.05, 3.63) is 14.3 Å². The summed E-state index contributed by atoms with van der Waals surface area (Å²) in [5, 5.41) is 7.54. The molecule has 0 unspecified atom stereocenters. The highest BCUT2D eigenvalue weighted by Gasteiger charge is 2.13. The number of nitrogens with two attached hydrogens (primary N) is 2. The molecule has 0 aliphatic rings. The summed E-state index contributed by atoms with van der Waals surface area (Å²) in [5.74, 6) is 6.39. The number of rotatable bonds is 1. The van der Waals surface area contributed by atoms with Crippen LogP contribution >= 0.6 is 43.2 Å². The van der Waals surface area contributed by atoms with Crippen molar-refractivity contribution in [2.75, 3.05) is 11.6 Å². The van der Waals surface area contributed by atoms with Gasteiger partial charge in [0, 0.05) is 4.47 Å². The molecular weight excluding hydrogens is 334 g/mol. The molecule has 4 N–H and O–H groups in total. The van der Waals surface area contributed by atoms with Gasteiger partial charge in [-0.2, -0.15) is 0 Å². The summed E-state index contributed by atoms with van der Waals surface area (Å²) >= 11 is 8.27. The molecule has 14 heavy (non-hydrogen) atoms. The first kappa shape index (κ1) is 9.94. The lowest BCUT2D eigenvalue weighted by molar-refractivity contribution is 1.03. The van der Waals surface area contributed by atoms with E-state index in [4.69, 9.17) is 11.6 Å². The third-order valence-electron chi connectivity index (χ3n) is 1.59. The molecule has 2 heterocycles. The smallest absolute Gasteiger partial charge is 0.241 e. The van der Waals surface area contributed by atoms with Crippen LogP contribution in [0.15, 0.2) is 14.3 Å². The first-order valence-electron chi connectivity index (χ1n) is 3.50. The Balaban J connectivity index is 2.54. The van der Waals surface area contributed by atoms with Gasteiger partial charge in [-0.3, -0.25) is 0 Å². The molecular formula is C6H5Br2N5S. The molecule has 74 valence electrons. The lowest BCUT2D eigenvalue weighted by Gasteiger charge is -1.96. The monoisotopic (exact) mass is 337 g/mol. The van der Waals surface area contributed by atoms with Crippen molar-refractivity contribution in [2.24, 2.45) is 0 Å². The van der Waals surface area contributed by atoms with Crippen LogP contribution in [0.3, 0.4) is 0 Å². The fraction of sp³-hybridized carbons (Fsp3) is 0. The molecule has 0 spiro atoms. The van der Waals surface area contributed by atoms with Crippen LogP contribution in [0.5, 0.6) is 0 Å². The van der Waals surface area contributed by atoms with E-state index in [0.29, 0.717) is 5.82 Å². The van der Waals surface area contributed by atoms with Gasteiger partial charge in [0.2, 0.25) is 5.95 Å². The van der Waals surface area contributed by atoms with Crippen LogP contribution in [0.2, 0.25) is 0 Å². The minimum absolute atomic E-state index is 0.195. The molecule has 5 nitrogen and oxygen atoms in total. The van der Waals surface area contributed by atoms with Crippen LogP contribution in [0.1, 0.15) is 0 Å². The van der Waals surface area contributed by atoms with Crippen molar-refractivity contribution in [1.29, 1.82) is 0 Å². The molecule has 0 atom stereocenters. The van der Waals surface area contributed by atoms with Crippen molar-refractivity contribution < 1.29 is 0 Å². The van der Waals surface area contributed by atoms with Crippen molar-refractivity contribution in [3.63, 3.8) is 0 Å². The molecule has 0 aliphatic heterocycles. The van der Waals surface area contributed by atoms with E-state index in [2.05, 4.69) is 42.1 Å². The Morgan fingerprint density at radius 3 is 2.50 bits per heavy atom. The predicted octanol–water partition coefficient (Wildman–Crippen LogP) is 1.83. The number of anilines is 1. The maximum Gasteiger partial charge on any atom is 0.241 e.